The van der Waals surface area contributed by atoms with Gasteiger partial charge in [-0.05, 0) is 31.5 Å². The van der Waals surface area contributed by atoms with Crippen LogP contribution in [0.15, 0.2) is 29.2 Å². The number of hydrogen-bond acceptors (Lipinski definition) is 5. The van der Waals surface area contributed by atoms with Crippen molar-refractivity contribution < 1.29 is 22.7 Å². The maximum absolute atomic E-state index is 12.1. The van der Waals surface area contributed by atoms with Crippen LogP contribution < -0.4 is 10.0 Å². The van der Waals surface area contributed by atoms with Gasteiger partial charge in [0.15, 0.2) is 6.10 Å². The largest absolute Gasteiger partial charge is 0.449 e. The van der Waals surface area contributed by atoms with E-state index >= 15 is 0 Å². The van der Waals surface area contributed by atoms with Crippen molar-refractivity contribution in [3.63, 3.8) is 0 Å². The van der Waals surface area contributed by atoms with Crippen LogP contribution in [0, 0.1) is 0 Å². The van der Waals surface area contributed by atoms with Crippen LogP contribution in [0.5, 0.6) is 0 Å². The van der Waals surface area contributed by atoms with E-state index in [-0.39, 0.29) is 17.0 Å². The number of hydrogen-bond donors (Lipinski definition) is 2. The molecule has 7 nitrogen and oxygen atoms in total. The molecular weight excluding hydrogens is 320 g/mol. The highest BCUT2D eigenvalue weighted by Crippen LogP contribution is 2.13. The van der Waals surface area contributed by atoms with Gasteiger partial charge in [0.2, 0.25) is 10.0 Å². The summed E-state index contributed by atoms with van der Waals surface area (Å²) in [7, 11) is -3.66. The SMILES string of the molecule is CCCNC(=O)C(C)OC(=O)c1cccc(S(=O)(=O)NCC)c1. The molecule has 0 aromatic heterocycles. The second-order valence-electron chi connectivity index (χ2n) is 4.87. The Bertz CT molecular complexity index is 658. The molecule has 0 aliphatic carbocycles. The minimum absolute atomic E-state index is 0.0307. The van der Waals surface area contributed by atoms with E-state index in [0.717, 1.165) is 6.42 Å². The molecule has 0 saturated carbocycles. The highest BCUT2D eigenvalue weighted by Gasteiger charge is 2.20. The topological polar surface area (TPSA) is 102 Å². The van der Waals surface area contributed by atoms with Crippen molar-refractivity contribution in [1.82, 2.24) is 10.0 Å². The Balaban J connectivity index is 2.83. The summed E-state index contributed by atoms with van der Waals surface area (Å²) in [5.41, 5.74) is 0.0686. The van der Waals surface area contributed by atoms with E-state index in [1.54, 1.807) is 6.92 Å². The Kier molecular flexibility index (Phi) is 7.18. The summed E-state index contributed by atoms with van der Waals surface area (Å²) in [5.74, 6) is -1.14. The van der Waals surface area contributed by atoms with Crippen LogP contribution in [-0.2, 0) is 19.6 Å². The van der Waals surface area contributed by atoms with Crippen molar-refractivity contribution in [3.8, 4) is 0 Å². The quantitative estimate of drug-likeness (QED) is 0.688. The number of benzene rings is 1. The van der Waals surface area contributed by atoms with E-state index in [2.05, 4.69) is 10.0 Å². The number of nitrogens with one attached hydrogen (secondary N) is 2. The lowest BCUT2D eigenvalue weighted by Crippen LogP contribution is -2.36. The van der Waals surface area contributed by atoms with Crippen LogP contribution >= 0.6 is 0 Å². The van der Waals surface area contributed by atoms with E-state index in [1.807, 2.05) is 6.92 Å². The number of esters is 1. The summed E-state index contributed by atoms with van der Waals surface area (Å²) in [4.78, 5) is 23.7. The zero-order chi connectivity index (χ0) is 17.5. The molecule has 0 bridgehead atoms. The first kappa shape index (κ1) is 19.1. The van der Waals surface area contributed by atoms with Crippen LogP contribution in [0.2, 0.25) is 0 Å². The Hall–Kier alpha value is -1.93. The molecule has 0 fully saturated rings. The van der Waals surface area contributed by atoms with Crippen molar-refractivity contribution in [1.29, 1.82) is 0 Å². The van der Waals surface area contributed by atoms with Crippen molar-refractivity contribution >= 4 is 21.9 Å². The zero-order valence-electron chi connectivity index (χ0n) is 13.5. The maximum atomic E-state index is 12.1. The van der Waals surface area contributed by atoms with Gasteiger partial charge in [-0.2, -0.15) is 0 Å². The first-order valence-corrected chi connectivity index (χ1v) is 8.88. The summed E-state index contributed by atoms with van der Waals surface area (Å²) in [6.07, 6.45) is -0.181. The monoisotopic (exact) mass is 342 g/mol. The number of rotatable bonds is 8. The molecule has 2 N–H and O–H groups in total. The molecule has 0 spiro atoms. The lowest BCUT2D eigenvalue weighted by atomic mass is 10.2. The molecule has 1 rings (SSSR count). The molecule has 1 aromatic rings. The van der Waals surface area contributed by atoms with Crippen LogP contribution in [0.1, 0.15) is 37.6 Å². The second-order valence-corrected chi connectivity index (χ2v) is 6.63. The molecule has 1 atom stereocenters. The predicted octanol–water partition coefficient (Wildman–Crippen LogP) is 1.06. The van der Waals surface area contributed by atoms with Gasteiger partial charge in [0.1, 0.15) is 0 Å². The summed E-state index contributed by atoms with van der Waals surface area (Å²) < 4.78 is 31.3. The van der Waals surface area contributed by atoms with Gasteiger partial charge in [0.05, 0.1) is 10.5 Å². The summed E-state index contributed by atoms with van der Waals surface area (Å²) in [6, 6.07) is 5.48. The summed E-state index contributed by atoms with van der Waals surface area (Å²) in [5, 5.41) is 2.62. The molecule has 0 aliphatic heterocycles. The average molecular weight is 342 g/mol. The van der Waals surface area contributed by atoms with Gasteiger partial charge in [-0.3, -0.25) is 4.79 Å². The summed E-state index contributed by atoms with van der Waals surface area (Å²) >= 11 is 0. The number of amides is 1. The molecule has 23 heavy (non-hydrogen) atoms. The molecule has 1 unspecified atom stereocenters. The van der Waals surface area contributed by atoms with Gasteiger partial charge >= 0.3 is 5.97 Å². The fourth-order valence-corrected chi connectivity index (χ4v) is 2.82. The van der Waals surface area contributed by atoms with Gasteiger partial charge in [-0.15, -0.1) is 0 Å². The number of sulfonamides is 1. The van der Waals surface area contributed by atoms with Gasteiger partial charge in [0, 0.05) is 13.1 Å². The number of carbonyl (C=O) groups excluding carboxylic acids is 2. The molecule has 0 saturated heterocycles. The van der Waals surface area contributed by atoms with Gasteiger partial charge in [-0.1, -0.05) is 19.9 Å². The van der Waals surface area contributed by atoms with Crippen LogP contribution in [0.3, 0.4) is 0 Å². The van der Waals surface area contributed by atoms with E-state index in [4.69, 9.17) is 4.74 Å². The normalized spacial score (nSPS) is 12.5. The van der Waals surface area contributed by atoms with Crippen LogP contribution in [0.4, 0.5) is 0 Å². The number of carbonyl (C=O) groups is 2. The van der Waals surface area contributed by atoms with E-state index in [0.29, 0.717) is 6.54 Å². The molecule has 0 heterocycles. The third-order valence-corrected chi connectivity index (χ3v) is 4.46. The molecular formula is C15H22N2O5S. The lowest BCUT2D eigenvalue weighted by Gasteiger charge is -2.13. The zero-order valence-corrected chi connectivity index (χ0v) is 14.3. The van der Waals surface area contributed by atoms with E-state index < -0.39 is 28.0 Å². The predicted molar refractivity (Wildman–Crippen MR) is 85.5 cm³/mol. The van der Waals surface area contributed by atoms with Crippen molar-refractivity contribution in [2.75, 3.05) is 13.1 Å². The molecule has 1 amide bonds. The Labute approximate surface area is 136 Å². The highest BCUT2D eigenvalue weighted by molar-refractivity contribution is 7.89. The van der Waals surface area contributed by atoms with Gasteiger partial charge < -0.3 is 10.1 Å². The minimum atomic E-state index is -3.66. The third-order valence-electron chi connectivity index (χ3n) is 2.92. The third kappa shape index (κ3) is 5.65. The molecule has 8 heteroatoms. The van der Waals surface area contributed by atoms with Crippen molar-refractivity contribution in [3.05, 3.63) is 29.8 Å². The first-order chi connectivity index (χ1) is 10.8. The fourth-order valence-electron chi connectivity index (χ4n) is 1.74. The standard InChI is InChI=1S/C15H22N2O5S/c1-4-9-16-14(18)11(3)22-15(19)12-7-6-8-13(10-12)23(20,21)17-5-2/h6-8,10-11,17H,4-5,9H2,1-3H3,(H,16,18). The van der Waals surface area contributed by atoms with Crippen LogP contribution in [0.25, 0.3) is 0 Å². The molecule has 0 radical (unpaired) electrons. The number of ether oxygens (including phenoxy) is 1. The van der Waals surface area contributed by atoms with E-state index in [1.165, 1.54) is 31.2 Å². The Morgan fingerprint density at radius 3 is 2.57 bits per heavy atom. The molecule has 128 valence electrons. The van der Waals surface area contributed by atoms with E-state index in [9.17, 15) is 18.0 Å². The van der Waals surface area contributed by atoms with Gasteiger partial charge in [0.25, 0.3) is 5.91 Å². The second kappa shape index (κ2) is 8.64. The maximum Gasteiger partial charge on any atom is 0.338 e. The average Bonchev–Trinajstić information content (AvgIpc) is 2.52. The molecule has 0 aliphatic rings. The van der Waals surface area contributed by atoms with Gasteiger partial charge in [-0.25, -0.2) is 17.9 Å². The van der Waals surface area contributed by atoms with Crippen molar-refractivity contribution in [2.24, 2.45) is 0 Å². The van der Waals surface area contributed by atoms with Crippen molar-refractivity contribution in [2.45, 2.75) is 38.2 Å². The lowest BCUT2D eigenvalue weighted by molar-refractivity contribution is -0.129. The Morgan fingerprint density at radius 2 is 1.96 bits per heavy atom. The highest BCUT2D eigenvalue weighted by atomic mass is 32.2. The minimum Gasteiger partial charge on any atom is -0.449 e. The first-order valence-electron chi connectivity index (χ1n) is 7.40. The Morgan fingerprint density at radius 1 is 1.26 bits per heavy atom. The summed E-state index contributed by atoms with van der Waals surface area (Å²) in [6.45, 7) is 5.77. The smallest absolute Gasteiger partial charge is 0.338 e. The fraction of sp³-hybridized carbons (Fsp3) is 0.467. The van der Waals surface area contributed by atoms with Crippen LogP contribution in [-0.4, -0.2) is 39.5 Å². The molecule has 1 aromatic carbocycles.